The van der Waals surface area contributed by atoms with Crippen LogP contribution in [0, 0.1) is 5.92 Å². The van der Waals surface area contributed by atoms with Gasteiger partial charge in [0, 0.05) is 23.9 Å². The van der Waals surface area contributed by atoms with E-state index in [0.717, 1.165) is 25.1 Å². The maximum Gasteiger partial charge on any atom is 0.293 e. The van der Waals surface area contributed by atoms with Crippen LogP contribution in [0.15, 0.2) is 0 Å². The lowest BCUT2D eigenvalue weighted by Crippen LogP contribution is -2.27. The molecule has 2 atom stereocenters. The molecule has 4 nitrogen and oxygen atoms in total. The fourth-order valence-electron chi connectivity index (χ4n) is 2.17. The summed E-state index contributed by atoms with van der Waals surface area (Å²) in [7, 11) is 0. The Balaban J connectivity index is 1.92. The third-order valence-electron chi connectivity index (χ3n) is 3.07. The largest absolute Gasteiger partial charge is 0.465 e. The number of nitrogens with zero attached hydrogens (tertiary/aromatic N) is 2. The van der Waals surface area contributed by atoms with Crippen molar-refractivity contribution in [2.75, 3.05) is 6.54 Å². The summed E-state index contributed by atoms with van der Waals surface area (Å²) >= 11 is 1.36. The first-order chi connectivity index (χ1) is 7.83. The predicted octanol–water partition coefficient (Wildman–Crippen LogP) is 2.00. The molecular weight excluding hydrogens is 222 g/mol. The van der Waals surface area contributed by atoms with Crippen molar-refractivity contribution in [3.8, 4) is 5.19 Å². The van der Waals surface area contributed by atoms with Crippen molar-refractivity contribution < 1.29 is 4.74 Å². The Morgan fingerprint density at radius 3 is 3.12 bits per heavy atom. The van der Waals surface area contributed by atoms with Gasteiger partial charge in [0.25, 0.3) is 5.19 Å². The van der Waals surface area contributed by atoms with Crippen LogP contribution in [-0.2, 0) is 6.42 Å². The van der Waals surface area contributed by atoms with E-state index in [1.54, 1.807) is 0 Å². The van der Waals surface area contributed by atoms with Crippen LogP contribution < -0.4 is 10.5 Å². The van der Waals surface area contributed by atoms with Gasteiger partial charge in [0.1, 0.15) is 11.9 Å². The number of aromatic nitrogens is 2. The van der Waals surface area contributed by atoms with E-state index in [2.05, 4.69) is 16.3 Å². The first kappa shape index (κ1) is 11.8. The standard InChI is InChI=1S/C11H19N3OS/c1-2-4-10-13-11(16-14-10)15-9-6-3-5-8(9)7-12/h8-9H,2-7,12H2,1H3. The first-order valence-electron chi connectivity index (χ1n) is 6.02. The van der Waals surface area contributed by atoms with Gasteiger partial charge in [0.15, 0.2) is 0 Å². The molecule has 0 radical (unpaired) electrons. The predicted molar refractivity (Wildman–Crippen MR) is 64.7 cm³/mol. The molecule has 0 bridgehead atoms. The Bertz CT molecular complexity index is 329. The normalized spacial score (nSPS) is 24.9. The zero-order chi connectivity index (χ0) is 11.4. The van der Waals surface area contributed by atoms with Crippen LogP contribution in [0.4, 0.5) is 0 Å². The van der Waals surface area contributed by atoms with E-state index in [1.165, 1.54) is 24.4 Å². The maximum atomic E-state index is 5.87. The van der Waals surface area contributed by atoms with E-state index < -0.39 is 0 Å². The lowest BCUT2D eigenvalue weighted by molar-refractivity contribution is 0.161. The zero-order valence-corrected chi connectivity index (χ0v) is 10.5. The average Bonchev–Trinajstić information content (AvgIpc) is 2.89. The van der Waals surface area contributed by atoms with Gasteiger partial charge in [0.05, 0.1) is 0 Å². The number of ether oxygens (including phenoxy) is 1. The smallest absolute Gasteiger partial charge is 0.293 e. The molecule has 5 heteroatoms. The minimum Gasteiger partial charge on any atom is -0.465 e. The van der Waals surface area contributed by atoms with Crippen molar-refractivity contribution >= 4 is 11.5 Å². The van der Waals surface area contributed by atoms with Crippen LogP contribution in [0.2, 0.25) is 0 Å². The second-order valence-electron chi connectivity index (χ2n) is 4.31. The monoisotopic (exact) mass is 241 g/mol. The molecule has 2 rings (SSSR count). The summed E-state index contributed by atoms with van der Waals surface area (Å²) in [6.45, 7) is 2.84. The van der Waals surface area contributed by atoms with Gasteiger partial charge in [-0.15, -0.1) is 0 Å². The lowest BCUT2D eigenvalue weighted by atomic mass is 10.1. The summed E-state index contributed by atoms with van der Waals surface area (Å²) in [5.74, 6) is 1.41. The van der Waals surface area contributed by atoms with Crippen molar-refractivity contribution in [1.29, 1.82) is 0 Å². The number of aryl methyl sites for hydroxylation is 1. The highest BCUT2D eigenvalue weighted by molar-refractivity contribution is 7.07. The molecule has 1 aliphatic carbocycles. The highest BCUT2D eigenvalue weighted by atomic mass is 32.1. The summed E-state index contributed by atoms with van der Waals surface area (Å²) in [5, 5.41) is 0.716. The molecule has 0 spiro atoms. The summed E-state index contributed by atoms with van der Waals surface area (Å²) < 4.78 is 10.1. The van der Waals surface area contributed by atoms with Crippen molar-refractivity contribution in [1.82, 2.24) is 9.36 Å². The Labute approximate surface area is 100 Å². The van der Waals surface area contributed by atoms with Gasteiger partial charge in [-0.1, -0.05) is 6.92 Å². The van der Waals surface area contributed by atoms with Gasteiger partial charge in [0.2, 0.25) is 0 Å². The summed E-state index contributed by atoms with van der Waals surface area (Å²) in [6.07, 6.45) is 5.77. The number of rotatable bonds is 5. The SMILES string of the molecule is CCCc1nsc(OC2CCCC2CN)n1. The summed E-state index contributed by atoms with van der Waals surface area (Å²) in [5.41, 5.74) is 5.72. The first-order valence-corrected chi connectivity index (χ1v) is 6.80. The van der Waals surface area contributed by atoms with Crippen LogP contribution in [0.25, 0.3) is 0 Å². The molecule has 0 saturated heterocycles. The highest BCUT2D eigenvalue weighted by Gasteiger charge is 2.28. The van der Waals surface area contributed by atoms with Crippen molar-refractivity contribution in [3.05, 3.63) is 5.82 Å². The Hall–Kier alpha value is -0.680. The molecule has 1 aliphatic rings. The summed E-state index contributed by atoms with van der Waals surface area (Å²) in [4.78, 5) is 4.38. The van der Waals surface area contributed by atoms with Crippen LogP contribution in [0.1, 0.15) is 38.4 Å². The minimum atomic E-state index is 0.257. The van der Waals surface area contributed by atoms with Gasteiger partial charge < -0.3 is 10.5 Å². The molecule has 1 fully saturated rings. The molecule has 2 N–H and O–H groups in total. The summed E-state index contributed by atoms with van der Waals surface area (Å²) in [6, 6.07) is 0. The highest BCUT2D eigenvalue weighted by Crippen LogP contribution is 2.29. The Kier molecular flexibility index (Phi) is 4.12. The van der Waals surface area contributed by atoms with Gasteiger partial charge in [-0.3, -0.25) is 0 Å². The number of hydrogen-bond donors (Lipinski definition) is 1. The minimum absolute atomic E-state index is 0.257. The second kappa shape index (κ2) is 5.59. The number of nitrogens with two attached hydrogens (primary N) is 1. The van der Waals surface area contributed by atoms with Gasteiger partial charge in [-0.25, -0.2) is 0 Å². The zero-order valence-electron chi connectivity index (χ0n) is 9.69. The Morgan fingerprint density at radius 1 is 1.50 bits per heavy atom. The second-order valence-corrected chi connectivity index (χ2v) is 5.02. The molecule has 16 heavy (non-hydrogen) atoms. The molecule has 0 amide bonds. The average molecular weight is 241 g/mol. The van der Waals surface area contributed by atoms with E-state index in [9.17, 15) is 0 Å². The van der Waals surface area contributed by atoms with E-state index in [1.807, 2.05) is 0 Å². The van der Waals surface area contributed by atoms with Gasteiger partial charge >= 0.3 is 0 Å². The fraction of sp³-hybridized carbons (Fsp3) is 0.818. The molecule has 90 valence electrons. The topological polar surface area (TPSA) is 61.0 Å². The quantitative estimate of drug-likeness (QED) is 0.856. The van der Waals surface area contributed by atoms with Gasteiger partial charge in [-0.2, -0.15) is 9.36 Å². The lowest BCUT2D eigenvalue weighted by Gasteiger charge is -2.17. The van der Waals surface area contributed by atoms with E-state index >= 15 is 0 Å². The molecule has 2 unspecified atom stereocenters. The molecular formula is C11H19N3OS. The van der Waals surface area contributed by atoms with Crippen molar-refractivity contribution in [3.63, 3.8) is 0 Å². The maximum absolute atomic E-state index is 5.87. The van der Waals surface area contributed by atoms with Crippen LogP contribution >= 0.6 is 11.5 Å². The van der Waals surface area contributed by atoms with E-state index in [-0.39, 0.29) is 6.10 Å². The molecule has 0 aliphatic heterocycles. The molecule has 0 aromatic carbocycles. The fourth-order valence-corrected chi connectivity index (χ4v) is 2.80. The Morgan fingerprint density at radius 2 is 2.38 bits per heavy atom. The van der Waals surface area contributed by atoms with Crippen LogP contribution in [0.3, 0.4) is 0 Å². The molecule has 1 saturated carbocycles. The molecule has 1 heterocycles. The molecule has 1 aromatic rings. The van der Waals surface area contributed by atoms with E-state index in [0.29, 0.717) is 17.7 Å². The third-order valence-corrected chi connectivity index (χ3v) is 3.71. The van der Waals surface area contributed by atoms with E-state index in [4.69, 9.17) is 10.5 Å². The third kappa shape index (κ3) is 2.71. The van der Waals surface area contributed by atoms with Gasteiger partial charge in [-0.05, 0) is 32.2 Å². The van der Waals surface area contributed by atoms with Crippen LogP contribution in [0.5, 0.6) is 5.19 Å². The van der Waals surface area contributed by atoms with Crippen molar-refractivity contribution in [2.24, 2.45) is 11.7 Å². The van der Waals surface area contributed by atoms with Crippen LogP contribution in [-0.4, -0.2) is 22.0 Å². The molecule has 1 aromatic heterocycles. The van der Waals surface area contributed by atoms with Crippen molar-refractivity contribution in [2.45, 2.75) is 45.1 Å². The number of hydrogen-bond acceptors (Lipinski definition) is 5.